The summed E-state index contributed by atoms with van der Waals surface area (Å²) < 4.78 is 55.3. The van der Waals surface area contributed by atoms with Crippen molar-refractivity contribution in [2.75, 3.05) is 31.2 Å². The van der Waals surface area contributed by atoms with Crippen LogP contribution in [0, 0.1) is 17.5 Å². The van der Waals surface area contributed by atoms with Crippen LogP contribution in [-0.4, -0.2) is 32.1 Å². The molecule has 0 unspecified atom stereocenters. The highest BCUT2D eigenvalue weighted by Gasteiger charge is 2.32. The number of ketones is 1. The first-order valence-corrected chi connectivity index (χ1v) is 8.67. The fraction of sp³-hybridized carbons (Fsp3) is 0.278. The van der Waals surface area contributed by atoms with Crippen molar-refractivity contribution in [1.29, 1.82) is 0 Å². The van der Waals surface area contributed by atoms with Gasteiger partial charge in [0.15, 0.2) is 17.4 Å². The quantitative estimate of drug-likeness (QED) is 0.521. The van der Waals surface area contributed by atoms with Crippen LogP contribution in [0.5, 0.6) is 11.5 Å². The number of hydrogen-bond acceptors (Lipinski definition) is 4. The first kappa shape index (κ1) is 18.7. The van der Waals surface area contributed by atoms with E-state index in [-0.39, 0.29) is 24.5 Å². The summed E-state index contributed by atoms with van der Waals surface area (Å²) in [6.45, 7) is 2.15. The smallest absolute Gasteiger partial charge is 0.205 e. The molecule has 3 rings (SSSR count). The predicted molar refractivity (Wildman–Crippen MR) is 93.6 cm³/mol. The van der Waals surface area contributed by atoms with Gasteiger partial charge in [-0.15, -0.1) is 0 Å². The summed E-state index contributed by atoms with van der Waals surface area (Å²) in [5.41, 5.74) is -0.920. The molecule has 1 saturated heterocycles. The Balaban J connectivity index is 2.13. The summed E-state index contributed by atoms with van der Waals surface area (Å²) in [4.78, 5) is 13.3. The number of rotatable bonds is 4. The minimum Gasteiger partial charge on any atom is -0.451 e. The third-order valence-corrected chi connectivity index (χ3v) is 4.50. The van der Waals surface area contributed by atoms with Gasteiger partial charge < -0.3 is 14.4 Å². The van der Waals surface area contributed by atoms with Gasteiger partial charge in [-0.2, -0.15) is 4.39 Å². The van der Waals surface area contributed by atoms with Crippen LogP contribution in [0.4, 0.5) is 18.9 Å². The lowest BCUT2D eigenvalue weighted by atomic mass is 10.0. The molecule has 0 amide bonds. The zero-order chi connectivity index (χ0) is 18.8. The molecule has 0 N–H and O–H groups in total. The van der Waals surface area contributed by atoms with E-state index in [9.17, 15) is 13.6 Å². The molecular weight excluding hydrogens is 415 g/mol. The molecule has 1 aliphatic heterocycles. The molecule has 1 fully saturated rings. The van der Waals surface area contributed by atoms with E-state index in [2.05, 4.69) is 15.9 Å². The number of carbonyl (C=O) groups excluding carboxylic acids is 1. The Kier molecular flexibility index (Phi) is 5.52. The number of carbonyl (C=O) groups is 1. The number of benzene rings is 2. The fourth-order valence-corrected chi connectivity index (χ4v) is 3.01. The van der Waals surface area contributed by atoms with Gasteiger partial charge in [-0.3, -0.25) is 4.79 Å². The standard InChI is InChI=1S/C18H15BrF3NO3/c1-10(24)13-14(20)15(21)18(26-12-4-2-11(19)3-5-12)16(22)17(13)23-6-8-25-9-7-23/h2-5H,6-9H2,1H3. The molecule has 4 nitrogen and oxygen atoms in total. The molecule has 0 saturated carbocycles. The summed E-state index contributed by atoms with van der Waals surface area (Å²) in [5.74, 6) is -5.58. The van der Waals surface area contributed by atoms with Gasteiger partial charge in [0, 0.05) is 17.6 Å². The molecule has 138 valence electrons. The van der Waals surface area contributed by atoms with Crippen molar-refractivity contribution >= 4 is 27.4 Å². The highest BCUT2D eigenvalue weighted by molar-refractivity contribution is 9.10. The maximum Gasteiger partial charge on any atom is 0.205 e. The maximum atomic E-state index is 15.1. The lowest BCUT2D eigenvalue weighted by Crippen LogP contribution is -2.38. The highest BCUT2D eigenvalue weighted by atomic mass is 79.9. The number of nitrogens with zero attached hydrogens (tertiary/aromatic N) is 1. The Morgan fingerprint density at radius 2 is 1.69 bits per heavy atom. The largest absolute Gasteiger partial charge is 0.451 e. The minimum absolute atomic E-state index is 0.133. The first-order valence-electron chi connectivity index (χ1n) is 7.87. The van der Waals surface area contributed by atoms with E-state index < -0.39 is 34.5 Å². The van der Waals surface area contributed by atoms with Crippen LogP contribution in [0.2, 0.25) is 0 Å². The Morgan fingerprint density at radius 1 is 1.08 bits per heavy atom. The first-order chi connectivity index (χ1) is 12.4. The molecule has 1 aliphatic rings. The van der Waals surface area contributed by atoms with E-state index in [1.54, 1.807) is 12.1 Å². The summed E-state index contributed by atoms with van der Waals surface area (Å²) in [6.07, 6.45) is 0. The van der Waals surface area contributed by atoms with Crippen LogP contribution < -0.4 is 9.64 Å². The van der Waals surface area contributed by atoms with Gasteiger partial charge in [0.25, 0.3) is 0 Å². The normalized spacial score (nSPS) is 14.4. The molecule has 26 heavy (non-hydrogen) atoms. The van der Waals surface area contributed by atoms with Crippen molar-refractivity contribution in [2.24, 2.45) is 0 Å². The Labute approximate surface area is 156 Å². The zero-order valence-corrected chi connectivity index (χ0v) is 15.4. The molecule has 2 aromatic carbocycles. The van der Waals surface area contributed by atoms with Gasteiger partial charge in [-0.05, 0) is 31.2 Å². The highest BCUT2D eigenvalue weighted by Crippen LogP contribution is 2.39. The average molecular weight is 430 g/mol. The molecule has 0 spiro atoms. The van der Waals surface area contributed by atoms with Crippen molar-refractivity contribution in [3.8, 4) is 11.5 Å². The van der Waals surface area contributed by atoms with E-state index in [1.807, 2.05) is 0 Å². The van der Waals surface area contributed by atoms with Crippen molar-refractivity contribution in [3.05, 3.63) is 51.8 Å². The Morgan fingerprint density at radius 3 is 2.27 bits per heavy atom. The molecule has 0 aromatic heterocycles. The molecule has 0 atom stereocenters. The summed E-state index contributed by atoms with van der Waals surface area (Å²) in [5, 5.41) is 0. The van der Waals surface area contributed by atoms with Crippen LogP contribution >= 0.6 is 15.9 Å². The van der Waals surface area contributed by atoms with E-state index >= 15 is 4.39 Å². The minimum atomic E-state index is -1.53. The number of halogens is 4. The predicted octanol–water partition coefficient (Wildman–Crippen LogP) is 4.70. The summed E-state index contributed by atoms with van der Waals surface area (Å²) in [7, 11) is 0. The second-order valence-electron chi connectivity index (χ2n) is 5.71. The van der Waals surface area contributed by atoms with Crippen LogP contribution in [0.15, 0.2) is 28.7 Å². The number of Topliss-reactive ketones (excluding diaryl/α,β-unsaturated/α-hetero) is 1. The van der Waals surface area contributed by atoms with Crippen LogP contribution in [0.3, 0.4) is 0 Å². The van der Waals surface area contributed by atoms with Gasteiger partial charge in [-0.25, -0.2) is 8.78 Å². The van der Waals surface area contributed by atoms with Gasteiger partial charge in [-0.1, -0.05) is 15.9 Å². The second kappa shape index (κ2) is 7.67. The number of morpholine rings is 1. The number of ether oxygens (including phenoxy) is 2. The lowest BCUT2D eigenvalue weighted by Gasteiger charge is -2.31. The van der Waals surface area contributed by atoms with Gasteiger partial charge in [0.2, 0.25) is 11.6 Å². The molecule has 1 heterocycles. The third-order valence-electron chi connectivity index (χ3n) is 3.97. The van der Waals surface area contributed by atoms with Crippen molar-refractivity contribution in [3.63, 3.8) is 0 Å². The fourth-order valence-electron chi connectivity index (χ4n) is 2.74. The second-order valence-corrected chi connectivity index (χ2v) is 6.62. The van der Waals surface area contributed by atoms with Crippen molar-refractivity contribution in [2.45, 2.75) is 6.92 Å². The Hall–Kier alpha value is -2.06. The van der Waals surface area contributed by atoms with Crippen molar-refractivity contribution in [1.82, 2.24) is 0 Å². The molecule has 2 aromatic rings. The monoisotopic (exact) mass is 429 g/mol. The Bertz CT molecular complexity index is 837. The molecule has 0 radical (unpaired) electrons. The SMILES string of the molecule is CC(=O)c1c(F)c(F)c(Oc2ccc(Br)cc2)c(F)c1N1CCOCC1. The molecular formula is C18H15BrF3NO3. The van der Waals surface area contributed by atoms with Gasteiger partial charge in [0.1, 0.15) is 5.75 Å². The zero-order valence-electron chi connectivity index (χ0n) is 13.8. The maximum absolute atomic E-state index is 15.1. The van der Waals surface area contributed by atoms with E-state index in [0.717, 1.165) is 11.4 Å². The topological polar surface area (TPSA) is 38.8 Å². The number of hydrogen-bond donors (Lipinski definition) is 0. The molecule has 0 bridgehead atoms. The van der Waals surface area contributed by atoms with Gasteiger partial charge >= 0.3 is 0 Å². The average Bonchev–Trinajstić information content (AvgIpc) is 2.63. The van der Waals surface area contributed by atoms with Crippen LogP contribution in [0.25, 0.3) is 0 Å². The third kappa shape index (κ3) is 3.57. The van der Waals surface area contributed by atoms with E-state index in [4.69, 9.17) is 9.47 Å². The number of anilines is 1. The molecule has 8 heteroatoms. The van der Waals surface area contributed by atoms with E-state index in [1.165, 1.54) is 17.0 Å². The molecule has 0 aliphatic carbocycles. The van der Waals surface area contributed by atoms with Crippen LogP contribution in [0.1, 0.15) is 17.3 Å². The van der Waals surface area contributed by atoms with Gasteiger partial charge in [0.05, 0.1) is 24.5 Å². The summed E-state index contributed by atoms with van der Waals surface area (Å²) >= 11 is 3.24. The summed E-state index contributed by atoms with van der Waals surface area (Å²) in [6, 6.07) is 6.20. The van der Waals surface area contributed by atoms with Crippen LogP contribution in [-0.2, 0) is 4.74 Å². The lowest BCUT2D eigenvalue weighted by molar-refractivity contribution is 0.100. The van der Waals surface area contributed by atoms with E-state index in [0.29, 0.717) is 13.2 Å². The van der Waals surface area contributed by atoms with Crippen molar-refractivity contribution < 1.29 is 27.4 Å².